The number of aromatic carboxylic acids is 1. The van der Waals surface area contributed by atoms with Crippen molar-refractivity contribution in [3.05, 3.63) is 75.1 Å². The molecule has 3 rings (SSSR count). The molecule has 0 atom stereocenters. The molecular formula is C17H10BrClFN3O3. The number of carboxylic acids is 1. The largest absolute Gasteiger partial charge is 0.476 e. The zero-order chi connectivity index (χ0) is 18.8. The maximum absolute atomic E-state index is 13.2. The van der Waals surface area contributed by atoms with Gasteiger partial charge in [-0.3, -0.25) is 4.79 Å². The van der Waals surface area contributed by atoms with Crippen molar-refractivity contribution in [2.75, 3.05) is 5.32 Å². The van der Waals surface area contributed by atoms with Gasteiger partial charge in [-0.25, -0.2) is 13.9 Å². The van der Waals surface area contributed by atoms with E-state index in [-0.39, 0.29) is 26.6 Å². The van der Waals surface area contributed by atoms with Crippen molar-refractivity contribution in [2.45, 2.75) is 0 Å². The summed E-state index contributed by atoms with van der Waals surface area (Å²) in [4.78, 5) is 23.9. The van der Waals surface area contributed by atoms with Crippen LogP contribution in [0.3, 0.4) is 0 Å². The van der Waals surface area contributed by atoms with Gasteiger partial charge in [-0.15, -0.1) is 0 Å². The molecule has 0 unspecified atom stereocenters. The SMILES string of the molecule is O=C(Nc1c(Br)c(C(=O)O)nn1-c1ccc(F)cc1)c1ccccc1Cl. The first-order chi connectivity index (χ1) is 12.4. The van der Waals surface area contributed by atoms with Crippen LogP contribution in [0.5, 0.6) is 0 Å². The normalized spacial score (nSPS) is 10.6. The molecule has 3 aromatic rings. The van der Waals surface area contributed by atoms with Crippen LogP contribution >= 0.6 is 27.5 Å². The van der Waals surface area contributed by atoms with Crippen LogP contribution in [-0.2, 0) is 0 Å². The molecular weight excluding hydrogens is 429 g/mol. The van der Waals surface area contributed by atoms with E-state index in [0.717, 1.165) is 0 Å². The number of carbonyl (C=O) groups is 2. The Bertz CT molecular complexity index is 1000. The highest BCUT2D eigenvalue weighted by atomic mass is 79.9. The zero-order valence-corrected chi connectivity index (χ0v) is 15.3. The minimum Gasteiger partial charge on any atom is -0.476 e. The molecule has 1 heterocycles. The second kappa shape index (κ2) is 7.27. The molecule has 0 saturated carbocycles. The van der Waals surface area contributed by atoms with E-state index in [4.69, 9.17) is 11.6 Å². The Balaban J connectivity index is 2.08. The molecule has 0 saturated heterocycles. The summed E-state index contributed by atoms with van der Waals surface area (Å²) in [7, 11) is 0. The van der Waals surface area contributed by atoms with Crippen molar-refractivity contribution in [1.82, 2.24) is 9.78 Å². The van der Waals surface area contributed by atoms with Gasteiger partial charge in [-0.05, 0) is 52.3 Å². The van der Waals surface area contributed by atoms with Crippen molar-refractivity contribution in [3.63, 3.8) is 0 Å². The van der Waals surface area contributed by atoms with Crippen molar-refractivity contribution >= 4 is 45.2 Å². The maximum atomic E-state index is 13.2. The van der Waals surface area contributed by atoms with Crippen molar-refractivity contribution in [2.24, 2.45) is 0 Å². The lowest BCUT2D eigenvalue weighted by atomic mass is 10.2. The predicted octanol–water partition coefficient (Wildman–Crippen LogP) is 4.38. The Morgan fingerprint density at radius 2 is 1.81 bits per heavy atom. The number of nitrogens with zero attached hydrogens (tertiary/aromatic N) is 2. The van der Waals surface area contributed by atoms with Gasteiger partial charge in [0.25, 0.3) is 5.91 Å². The Hall–Kier alpha value is -2.71. The highest BCUT2D eigenvalue weighted by Crippen LogP contribution is 2.30. The molecule has 0 aliphatic rings. The summed E-state index contributed by atoms with van der Waals surface area (Å²) in [5, 5.41) is 16.1. The Labute approximate surface area is 160 Å². The van der Waals surface area contributed by atoms with Crippen LogP contribution in [0.2, 0.25) is 5.02 Å². The van der Waals surface area contributed by atoms with Gasteiger partial charge in [-0.2, -0.15) is 5.10 Å². The minimum absolute atomic E-state index is 0.0785. The molecule has 1 amide bonds. The Morgan fingerprint density at radius 1 is 1.15 bits per heavy atom. The van der Waals surface area contributed by atoms with E-state index in [0.29, 0.717) is 5.69 Å². The minimum atomic E-state index is -1.29. The molecule has 132 valence electrons. The summed E-state index contributed by atoms with van der Waals surface area (Å²) in [5.41, 5.74) is 0.280. The summed E-state index contributed by atoms with van der Waals surface area (Å²) < 4.78 is 14.4. The highest BCUT2D eigenvalue weighted by molar-refractivity contribution is 9.10. The summed E-state index contributed by atoms with van der Waals surface area (Å²) in [6.45, 7) is 0. The smallest absolute Gasteiger partial charge is 0.357 e. The summed E-state index contributed by atoms with van der Waals surface area (Å²) in [5.74, 6) is -2.21. The number of rotatable bonds is 4. The van der Waals surface area contributed by atoms with E-state index in [2.05, 4.69) is 26.3 Å². The van der Waals surface area contributed by atoms with Gasteiger partial charge in [0, 0.05) is 0 Å². The molecule has 6 nitrogen and oxygen atoms in total. The number of amides is 1. The van der Waals surface area contributed by atoms with E-state index in [1.54, 1.807) is 18.2 Å². The molecule has 2 N–H and O–H groups in total. The number of carbonyl (C=O) groups excluding carboxylic acids is 1. The van der Waals surface area contributed by atoms with Gasteiger partial charge in [-0.1, -0.05) is 23.7 Å². The lowest BCUT2D eigenvalue weighted by Crippen LogP contribution is -2.16. The first kappa shape index (κ1) is 18.1. The van der Waals surface area contributed by atoms with Crippen LogP contribution in [-0.4, -0.2) is 26.8 Å². The number of aromatic nitrogens is 2. The average molecular weight is 439 g/mol. The third-order valence-electron chi connectivity index (χ3n) is 3.45. The lowest BCUT2D eigenvalue weighted by Gasteiger charge is -2.10. The van der Waals surface area contributed by atoms with Crippen LogP contribution in [0.25, 0.3) is 5.69 Å². The maximum Gasteiger partial charge on any atom is 0.357 e. The number of nitrogens with one attached hydrogen (secondary N) is 1. The second-order valence-corrected chi connectivity index (χ2v) is 6.34. The first-order valence-electron chi connectivity index (χ1n) is 7.22. The number of benzene rings is 2. The van der Waals surface area contributed by atoms with E-state index in [9.17, 15) is 19.1 Å². The summed E-state index contributed by atoms with van der Waals surface area (Å²) in [6.07, 6.45) is 0. The quantitative estimate of drug-likeness (QED) is 0.633. The molecule has 0 radical (unpaired) electrons. The molecule has 0 bridgehead atoms. The fraction of sp³-hybridized carbons (Fsp3) is 0. The fourth-order valence-corrected chi connectivity index (χ4v) is 2.97. The highest BCUT2D eigenvalue weighted by Gasteiger charge is 2.24. The Kier molecular flexibility index (Phi) is 5.06. The summed E-state index contributed by atoms with van der Waals surface area (Å²) >= 11 is 9.17. The standard InChI is InChI=1S/C17H10BrClFN3O3/c18-13-14(17(25)26)22-23(10-7-5-9(20)6-8-10)15(13)21-16(24)11-3-1-2-4-12(11)19/h1-8H,(H,21,24)(H,25,26). The van der Waals surface area contributed by atoms with E-state index >= 15 is 0 Å². The van der Waals surface area contributed by atoms with E-state index in [1.165, 1.54) is 35.0 Å². The molecule has 9 heteroatoms. The van der Waals surface area contributed by atoms with Crippen molar-refractivity contribution < 1.29 is 19.1 Å². The van der Waals surface area contributed by atoms with Gasteiger partial charge in [0.1, 0.15) is 5.82 Å². The molecule has 2 aromatic carbocycles. The van der Waals surface area contributed by atoms with Crippen LogP contribution < -0.4 is 5.32 Å². The topological polar surface area (TPSA) is 84.2 Å². The number of halogens is 3. The first-order valence-corrected chi connectivity index (χ1v) is 8.39. The molecule has 1 aromatic heterocycles. The van der Waals surface area contributed by atoms with Crippen LogP contribution in [0.4, 0.5) is 10.2 Å². The number of carboxylic acid groups (broad SMARTS) is 1. The van der Waals surface area contributed by atoms with Gasteiger partial charge >= 0.3 is 5.97 Å². The molecule has 26 heavy (non-hydrogen) atoms. The lowest BCUT2D eigenvalue weighted by molar-refractivity contribution is 0.0688. The summed E-state index contributed by atoms with van der Waals surface area (Å²) in [6, 6.07) is 11.6. The molecule has 0 fully saturated rings. The van der Waals surface area contributed by atoms with Crippen LogP contribution in [0.15, 0.2) is 53.0 Å². The molecule has 0 spiro atoms. The fourth-order valence-electron chi connectivity index (χ4n) is 2.23. The zero-order valence-electron chi connectivity index (χ0n) is 12.9. The van der Waals surface area contributed by atoms with Gasteiger partial charge in [0.05, 0.1) is 20.7 Å². The number of hydrogen-bond acceptors (Lipinski definition) is 3. The van der Waals surface area contributed by atoms with E-state index in [1.807, 2.05) is 0 Å². The Morgan fingerprint density at radius 3 is 2.42 bits per heavy atom. The van der Waals surface area contributed by atoms with Gasteiger partial charge < -0.3 is 10.4 Å². The average Bonchev–Trinajstić information content (AvgIpc) is 2.93. The third-order valence-corrected chi connectivity index (χ3v) is 4.53. The van der Waals surface area contributed by atoms with Crippen molar-refractivity contribution in [3.8, 4) is 5.69 Å². The monoisotopic (exact) mass is 437 g/mol. The molecule has 0 aliphatic carbocycles. The number of anilines is 1. The number of hydrogen-bond donors (Lipinski definition) is 2. The van der Waals surface area contributed by atoms with Gasteiger partial charge in [0.15, 0.2) is 11.5 Å². The van der Waals surface area contributed by atoms with E-state index < -0.39 is 17.7 Å². The predicted molar refractivity (Wildman–Crippen MR) is 97.6 cm³/mol. The molecule has 0 aliphatic heterocycles. The van der Waals surface area contributed by atoms with Crippen LogP contribution in [0, 0.1) is 5.82 Å². The second-order valence-electron chi connectivity index (χ2n) is 5.14. The van der Waals surface area contributed by atoms with Crippen molar-refractivity contribution in [1.29, 1.82) is 0 Å². The van der Waals surface area contributed by atoms with Crippen LogP contribution in [0.1, 0.15) is 20.8 Å². The third kappa shape index (κ3) is 3.47. The van der Waals surface area contributed by atoms with Gasteiger partial charge in [0.2, 0.25) is 0 Å².